The quantitative estimate of drug-likeness (QED) is 0.158. The Morgan fingerprint density at radius 3 is 1.83 bits per heavy atom. The number of hydrogen-bond acceptors (Lipinski definition) is 4. The molecule has 0 fully saturated rings. The standard InChI is InChI=1S/C13H12F12O4/c1-2-6(26)29-7(27)3-4-28-5-9(16,17)11(20,21)13(24,25)12(22,23)10(18,19)8(14)15/h2,7-8,27H,1,3-5H2. The molecule has 0 amide bonds. The highest BCUT2D eigenvalue weighted by atomic mass is 19.4. The monoisotopic (exact) mass is 460 g/mol. The van der Waals surface area contributed by atoms with Crippen molar-refractivity contribution in [2.24, 2.45) is 0 Å². The van der Waals surface area contributed by atoms with Crippen molar-refractivity contribution in [3.8, 4) is 0 Å². The Bertz CT molecular complexity index is 578. The summed E-state index contributed by atoms with van der Waals surface area (Å²) in [6, 6.07) is 0. The average Bonchev–Trinajstić information content (AvgIpc) is 2.57. The fourth-order valence-corrected chi connectivity index (χ4v) is 1.49. The summed E-state index contributed by atoms with van der Waals surface area (Å²) in [6.45, 7) is -1.05. The van der Waals surface area contributed by atoms with Gasteiger partial charge < -0.3 is 14.6 Å². The van der Waals surface area contributed by atoms with Gasteiger partial charge in [0.1, 0.15) is 6.61 Å². The number of carbonyl (C=O) groups excluding carboxylic acids is 1. The first-order chi connectivity index (χ1) is 12.8. The smallest absolute Gasteiger partial charge is 0.384 e. The topological polar surface area (TPSA) is 55.8 Å². The Balaban J connectivity index is 5.29. The van der Waals surface area contributed by atoms with E-state index in [0.717, 1.165) is 0 Å². The van der Waals surface area contributed by atoms with E-state index in [-0.39, 0.29) is 0 Å². The Kier molecular flexibility index (Phi) is 8.44. The van der Waals surface area contributed by atoms with E-state index in [0.29, 0.717) is 6.08 Å². The lowest BCUT2D eigenvalue weighted by Gasteiger charge is -2.39. The summed E-state index contributed by atoms with van der Waals surface area (Å²) in [4.78, 5) is 10.6. The van der Waals surface area contributed by atoms with Crippen molar-refractivity contribution >= 4 is 5.97 Å². The molecule has 0 rings (SSSR count). The summed E-state index contributed by atoms with van der Waals surface area (Å²) < 4.78 is 162. The van der Waals surface area contributed by atoms with E-state index in [4.69, 9.17) is 5.11 Å². The molecule has 0 saturated heterocycles. The first kappa shape index (κ1) is 27.3. The lowest BCUT2D eigenvalue weighted by molar-refractivity contribution is -0.415. The molecule has 172 valence electrons. The van der Waals surface area contributed by atoms with Crippen LogP contribution >= 0.6 is 0 Å². The van der Waals surface area contributed by atoms with Gasteiger partial charge in [0.05, 0.1) is 6.61 Å². The number of ether oxygens (including phenoxy) is 2. The Labute approximate surface area is 154 Å². The summed E-state index contributed by atoms with van der Waals surface area (Å²) in [5.74, 6) is -37.0. The Morgan fingerprint density at radius 1 is 0.931 bits per heavy atom. The molecule has 0 bridgehead atoms. The van der Waals surface area contributed by atoms with Gasteiger partial charge in [0.2, 0.25) is 6.29 Å². The van der Waals surface area contributed by atoms with Crippen LogP contribution in [0.3, 0.4) is 0 Å². The number of aliphatic hydroxyl groups excluding tert-OH is 1. The Hall–Kier alpha value is -1.71. The maximum absolute atomic E-state index is 13.3. The highest BCUT2D eigenvalue weighted by Gasteiger charge is 2.87. The first-order valence-corrected chi connectivity index (χ1v) is 7.05. The molecule has 29 heavy (non-hydrogen) atoms. The lowest BCUT2D eigenvalue weighted by Crippen LogP contribution is -2.69. The molecule has 0 aromatic rings. The minimum Gasteiger partial charge on any atom is -0.433 e. The molecule has 4 nitrogen and oxygen atoms in total. The van der Waals surface area contributed by atoms with Crippen LogP contribution in [-0.4, -0.2) is 66.6 Å². The second-order valence-electron chi connectivity index (χ2n) is 5.29. The number of alkyl halides is 12. The highest BCUT2D eigenvalue weighted by molar-refractivity contribution is 5.81. The maximum Gasteiger partial charge on any atom is 0.384 e. The van der Waals surface area contributed by atoms with Crippen LogP contribution in [0, 0.1) is 0 Å². The van der Waals surface area contributed by atoms with Crippen LogP contribution in [-0.2, 0) is 14.3 Å². The van der Waals surface area contributed by atoms with Crippen LogP contribution in [0.4, 0.5) is 52.7 Å². The molecule has 1 N–H and O–H groups in total. The third kappa shape index (κ3) is 5.26. The fraction of sp³-hybridized carbons (Fsp3) is 0.769. The zero-order chi connectivity index (χ0) is 23.5. The SMILES string of the molecule is C=CC(=O)OC(O)CCOCC(F)(F)C(F)(F)C(F)(F)C(F)(F)C(F)(F)C(F)F. The number of halogens is 12. The zero-order valence-electron chi connectivity index (χ0n) is 13.8. The van der Waals surface area contributed by atoms with Crippen molar-refractivity contribution in [2.75, 3.05) is 13.2 Å². The molecule has 0 aliphatic rings. The second kappa shape index (κ2) is 8.97. The van der Waals surface area contributed by atoms with Crippen LogP contribution in [0.5, 0.6) is 0 Å². The van der Waals surface area contributed by atoms with E-state index in [1.165, 1.54) is 0 Å². The van der Waals surface area contributed by atoms with Crippen LogP contribution in [0.25, 0.3) is 0 Å². The van der Waals surface area contributed by atoms with E-state index in [1.807, 2.05) is 0 Å². The van der Waals surface area contributed by atoms with Gasteiger partial charge >= 0.3 is 42.0 Å². The van der Waals surface area contributed by atoms with E-state index < -0.39 is 67.9 Å². The molecular weight excluding hydrogens is 448 g/mol. The molecule has 0 aromatic heterocycles. The first-order valence-electron chi connectivity index (χ1n) is 7.05. The predicted molar refractivity (Wildman–Crippen MR) is 68.5 cm³/mol. The van der Waals surface area contributed by atoms with Crippen LogP contribution in [0.1, 0.15) is 6.42 Å². The molecule has 0 aliphatic heterocycles. The minimum absolute atomic E-state index is 0.552. The molecule has 0 aromatic carbocycles. The third-order valence-corrected chi connectivity index (χ3v) is 3.15. The van der Waals surface area contributed by atoms with E-state index in [2.05, 4.69) is 16.1 Å². The van der Waals surface area contributed by atoms with E-state index >= 15 is 0 Å². The number of rotatable bonds is 12. The number of hydrogen-bond donors (Lipinski definition) is 1. The van der Waals surface area contributed by atoms with Gasteiger partial charge in [-0.3, -0.25) is 0 Å². The molecular formula is C13H12F12O4. The van der Waals surface area contributed by atoms with E-state index in [9.17, 15) is 57.5 Å². The fourth-order valence-electron chi connectivity index (χ4n) is 1.49. The van der Waals surface area contributed by atoms with Crippen molar-refractivity contribution in [3.05, 3.63) is 12.7 Å². The van der Waals surface area contributed by atoms with E-state index in [1.54, 1.807) is 0 Å². The van der Waals surface area contributed by atoms with Crippen molar-refractivity contribution in [2.45, 2.75) is 48.7 Å². The van der Waals surface area contributed by atoms with Crippen molar-refractivity contribution in [1.29, 1.82) is 0 Å². The van der Waals surface area contributed by atoms with Gasteiger partial charge in [-0.25, -0.2) is 13.6 Å². The lowest BCUT2D eigenvalue weighted by atomic mass is 9.94. The van der Waals surface area contributed by atoms with Crippen LogP contribution in [0.15, 0.2) is 12.7 Å². The summed E-state index contributed by atoms with van der Waals surface area (Å²) >= 11 is 0. The number of esters is 1. The highest BCUT2D eigenvalue weighted by Crippen LogP contribution is 2.58. The van der Waals surface area contributed by atoms with Crippen molar-refractivity contribution < 1.29 is 72.1 Å². The number of aliphatic hydroxyl groups is 1. The largest absolute Gasteiger partial charge is 0.433 e. The Morgan fingerprint density at radius 2 is 1.41 bits per heavy atom. The predicted octanol–water partition coefficient (Wildman–Crippen LogP) is 3.88. The second-order valence-corrected chi connectivity index (χ2v) is 5.29. The zero-order valence-corrected chi connectivity index (χ0v) is 13.8. The molecule has 0 saturated carbocycles. The summed E-state index contributed by atoms with van der Waals surface area (Å²) in [7, 11) is 0. The van der Waals surface area contributed by atoms with Gasteiger partial charge in [-0.2, -0.15) is 43.9 Å². The molecule has 1 unspecified atom stereocenters. The van der Waals surface area contributed by atoms with Gasteiger partial charge in [-0.15, -0.1) is 0 Å². The van der Waals surface area contributed by atoms with Crippen LogP contribution < -0.4 is 0 Å². The number of carbonyl (C=O) groups is 1. The molecule has 0 heterocycles. The van der Waals surface area contributed by atoms with Gasteiger partial charge in [0.15, 0.2) is 0 Å². The summed E-state index contributed by atoms with van der Waals surface area (Å²) in [5, 5.41) is 9.04. The van der Waals surface area contributed by atoms with Crippen LogP contribution in [0.2, 0.25) is 0 Å². The average molecular weight is 460 g/mol. The van der Waals surface area contributed by atoms with Gasteiger partial charge in [-0.05, 0) is 0 Å². The van der Waals surface area contributed by atoms with Gasteiger partial charge in [0.25, 0.3) is 0 Å². The summed E-state index contributed by atoms with van der Waals surface area (Å²) in [5.41, 5.74) is 0. The van der Waals surface area contributed by atoms with Crippen molar-refractivity contribution in [1.82, 2.24) is 0 Å². The molecule has 16 heteroatoms. The minimum atomic E-state index is -7.63. The van der Waals surface area contributed by atoms with Gasteiger partial charge in [0, 0.05) is 12.5 Å². The summed E-state index contributed by atoms with van der Waals surface area (Å²) in [6.07, 6.45) is -7.97. The molecule has 1 atom stereocenters. The maximum atomic E-state index is 13.3. The molecule has 0 aliphatic carbocycles. The van der Waals surface area contributed by atoms with Crippen molar-refractivity contribution in [3.63, 3.8) is 0 Å². The third-order valence-electron chi connectivity index (χ3n) is 3.15. The molecule has 0 spiro atoms. The molecule has 0 radical (unpaired) electrons. The van der Waals surface area contributed by atoms with Gasteiger partial charge in [-0.1, -0.05) is 6.58 Å². The normalized spacial score (nSPS) is 15.4.